The van der Waals surface area contributed by atoms with Gasteiger partial charge in [-0.25, -0.2) is 0 Å². The Balaban J connectivity index is 1.52. The molecule has 2 aromatic carbocycles. The van der Waals surface area contributed by atoms with Gasteiger partial charge in [0, 0.05) is 30.6 Å². The molecule has 1 aliphatic heterocycles. The lowest BCUT2D eigenvalue weighted by atomic mass is 9.90. The number of carbonyl (C=O) groups excluding carboxylic acids is 1. The van der Waals surface area contributed by atoms with Crippen LogP contribution in [-0.4, -0.2) is 23.6 Å². The number of phenolic OH excluding ortho intramolecular Hbond substituents is 1. The van der Waals surface area contributed by atoms with E-state index in [9.17, 15) is 9.90 Å². The number of hydrogen-bond donors (Lipinski definition) is 3. The zero-order valence-electron chi connectivity index (χ0n) is 14.0. The Morgan fingerprint density at radius 1 is 1.21 bits per heavy atom. The molecule has 0 fully saturated rings. The molecule has 2 atom stereocenters. The predicted octanol–water partition coefficient (Wildman–Crippen LogP) is 3.43. The van der Waals surface area contributed by atoms with Gasteiger partial charge in [0.15, 0.2) is 0 Å². The van der Waals surface area contributed by atoms with E-state index < -0.39 is 0 Å². The third-order valence-corrected chi connectivity index (χ3v) is 4.62. The number of amides is 1. The van der Waals surface area contributed by atoms with Crippen molar-refractivity contribution in [2.75, 3.05) is 11.9 Å². The van der Waals surface area contributed by atoms with E-state index in [1.165, 1.54) is 11.1 Å². The van der Waals surface area contributed by atoms with Crippen molar-refractivity contribution < 1.29 is 9.90 Å². The Kier molecular flexibility index (Phi) is 5.16. The van der Waals surface area contributed by atoms with Crippen molar-refractivity contribution in [3.63, 3.8) is 0 Å². The summed E-state index contributed by atoms with van der Waals surface area (Å²) in [7, 11) is 0. The van der Waals surface area contributed by atoms with E-state index in [0.717, 1.165) is 25.1 Å². The molecule has 24 heavy (non-hydrogen) atoms. The Morgan fingerprint density at radius 2 is 1.96 bits per heavy atom. The topological polar surface area (TPSA) is 61.4 Å². The second-order valence-electron chi connectivity index (χ2n) is 6.55. The molecule has 1 heterocycles. The minimum atomic E-state index is 0.0947. The van der Waals surface area contributed by atoms with Crippen molar-refractivity contribution in [1.82, 2.24) is 5.32 Å². The minimum absolute atomic E-state index is 0.0947. The van der Waals surface area contributed by atoms with E-state index in [1.807, 2.05) is 30.3 Å². The fourth-order valence-electron chi connectivity index (χ4n) is 3.18. The van der Waals surface area contributed by atoms with Crippen molar-refractivity contribution in [3.8, 4) is 5.75 Å². The number of aryl methyl sites for hydroxylation is 1. The highest BCUT2D eigenvalue weighted by molar-refractivity contribution is 5.94. The Morgan fingerprint density at radius 3 is 2.75 bits per heavy atom. The summed E-state index contributed by atoms with van der Waals surface area (Å²) in [5.41, 5.74) is 3.39. The molecule has 0 spiro atoms. The summed E-state index contributed by atoms with van der Waals surface area (Å²) >= 11 is 0. The molecule has 4 heteroatoms. The summed E-state index contributed by atoms with van der Waals surface area (Å²) in [5, 5.41) is 15.8. The number of carbonyl (C=O) groups is 1. The van der Waals surface area contributed by atoms with E-state index in [0.29, 0.717) is 18.2 Å². The Hall–Kier alpha value is -2.33. The summed E-state index contributed by atoms with van der Waals surface area (Å²) in [6, 6.07) is 15.8. The molecule has 126 valence electrons. The van der Waals surface area contributed by atoms with Crippen LogP contribution in [0.4, 0.5) is 5.69 Å². The zero-order chi connectivity index (χ0) is 16.9. The Bertz CT molecular complexity index is 697. The van der Waals surface area contributed by atoms with Gasteiger partial charge in [0.25, 0.3) is 0 Å². The maximum Gasteiger partial charge on any atom is 0.225 e. The number of anilines is 1. The van der Waals surface area contributed by atoms with Crippen LogP contribution in [0.3, 0.4) is 0 Å². The molecule has 0 saturated carbocycles. The third kappa shape index (κ3) is 4.15. The van der Waals surface area contributed by atoms with Gasteiger partial charge in [-0.05, 0) is 49.1 Å². The molecule has 0 unspecified atom stereocenters. The van der Waals surface area contributed by atoms with Crippen LogP contribution in [0.15, 0.2) is 48.5 Å². The lowest BCUT2D eigenvalue weighted by Gasteiger charge is -2.27. The monoisotopic (exact) mass is 324 g/mol. The maximum atomic E-state index is 11.9. The summed E-state index contributed by atoms with van der Waals surface area (Å²) in [6.07, 6.45) is 2.52. The summed E-state index contributed by atoms with van der Waals surface area (Å²) in [4.78, 5) is 11.9. The van der Waals surface area contributed by atoms with Crippen LogP contribution in [0, 0.1) is 0 Å². The van der Waals surface area contributed by atoms with E-state index in [4.69, 9.17) is 0 Å². The number of hydrogen-bond acceptors (Lipinski definition) is 3. The molecule has 0 radical (unpaired) electrons. The molecular formula is C20H24N2O2. The van der Waals surface area contributed by atoms with Crippen molar-refractivity contribution in [2.24, 2.45) is 0 Å². The first-order valence-electron chi connectivity index (χ1n) is 8.52. The van der Waals surface area contributed by atoms with Crippen molar-refractivity contribution in [3.05, 3.63) is 59.7 Å². The largest absolute Gasteiger partial charge is 0.508 e. The number of nitrogens with one attached hydrogen (secondary N) is 2. The Labute approximate surface area is 142 Å². The van der Waals surface area contributed by atoms with Crippen molar-refractivity contribution in [2.45, 2.75) is 38.1 Å². The van der Waals surface area contributed by atoms with E-state index in [2.05, 4.69) is 23.6 Å². The molecule has 3 N–H and O–H groups in total. The molecule has 2 aromatic rings. The van der Waals surface area contributed by atoms with Gasteiger partial charge >= 0.3 is 0 Å². The highest BCUT2D eigenvalue weighted by Crippen LogP contribution is 2.31. The van der Waals surface area contributed by atoms with Gasteiger partial charge in [0.2, 0.25) is 5.91 Å². The van der Waals surface area contributed by atoms with Crippen LogP contribution in [0.2, 0.25) is 0 Å². The number of fused-ring (bicyclic) bond motifs is 1. The lowest BCUT2D eigenvalue weighted by molar-refractivity contribution is -0.116. The first-order valence-corrected chi connectivity index (χ1v) is 8.52. The van der Waals surface area contributed by atoms with E-state index in [-0.39, 0.29) is 11.8 Å². The minimum Gasteiger partial charge on any atom is -0.508 e. The molecule has 0 aliphatic carbocycles. The fourth-order valence-corrected chi connectivity index (χ4v) is 3.18. The van der Waals surface area contributed by atoms with Crippen LogP contribution < -0.4 is 10.6 Å². The quantitative estimate of drug-likeness (QED) is 0.763. The summed E-state index contributed by atoms with van der Waals surface area (Å²) in [6.45, 7) is 2.98. The smallest absolute Gasteiger partial charge is 0.225 e. The third-order valence-electron chi connectivity index (χ3n) is 4.62. The first-order chi connectivity index (χ1) is 11.6. The maximum absolute atomic E-state index is 11.9. The van der Waals surface area contributed by atoms with E-state index in [1.54, 1.807) is 12.1 Å². The molecule has 3 rings (SSSR count). The SMILES string of the molecule is C[C@@H](CCc1ccc(O)cc1)NC[C@@H]1CC(=O)Nc2ccccc21. The second kappa shape index (κ2) is 7.49. The molecule has 1 aliphatic rings. The van der Waals surface area contributed by atoms with Gasteiger partial charge in [-0.2, -0.15) is 0 Å². The van der Waals surface area contributed by atoms with Crippen molar-refractivity contribution >= 4 is 11.6 Å². The zero-order valence-corrected chi connectivity index (χ0v) is 14.0. The number of aromatic hydroxyl groups is 1. The fraction of sp³-hybridized carbons (Fsp3) is 0.350. The van der Waals surface area contributed by atoms with Gasteiger partial charge < -0.3 is 15.7 Å². The number of para-hydroxylation sites is 1. The van der Waals surface area contributed by atoms with Gasteiger partial charge in [-0.1, -0.05) is 30.3 Å². The molecule has 1 amide bonds. The summed E-state index contributed by atoms with van der Waals surface area (Å²) in [5.74, 6) is 0.627. The van der Waals surface area contributed by atoms with Crippen LogP contribution in [0.5, 0.6) is 5.75 Å². The highest BCUT2D eigenvalue weighted by atomic mass is 16.3. The van der Waals surface area contributed by atoms with E-state index >= 15 is 0 Å². The highest BCUT2D eigenvalue weighted by Gasteiger charge is 2.24. The second-order valence-corrected chi connectivity index (χ2v) is 6.55. The van der Waals surface area contributed by atoms with Crippen LogP contribution >= 0.6 is 0 Å². The molecule has 4 nitrogen and oxygen atoms in total. The van der Waals surface area contributed by atoms with Crippen LogP contribution in [-0.2, 0) is 11.2 Å². The molecule has 0 bridgehead atoms. The average molecular weight is 324 g/mol. The van der Waals surface area contributed by atoms with Gasteiger partial charge in [-0.15, -0.1) is 0 Å². The van der Waals surface area contributed by atoms with Gasteiger partial charge in [0.1, 0.15) is 5.75 Å². The van der Waals surface area contributed by atoms with Gasteiger partial charge in [-0.3, -0.25) is 4.79 Å². The normalized spacial score (nSPS) is 17.9. The predicted molar refractivity (Wildman–Crippen MR) is 96.3 cm³/mol. The standard InChI is InChI=1S/C20H24N2O2/c1-14(6-7-15-8-10-17(23)11-9-15)21-13-16-12-20(24)22-19-5-3-2-4-18(16)19/h2-5,8-11,14,16,21,23H,6-7,12-13H2,1H3,(H,22,24)/t14-,16-/m0/s1. The van der Waals surface area contributed by atoms with Gasteiger partial charge in [0.05, 0.1) is 0 Å². The van der Waals surface area contributed by atoms with Crippen LogP contribution in [0.25, 0.3) is 0 Å². The molecule has 0 aromatic heterocycles. The number of rotatable bonds is 6. The first kappa shape index (κ1) is 16.5. The number of phenols is 1. The lowest BCUT2D eigenvalue weighted by Crippen LogP contribution is -2.34. The number of benzene rings is 2. The van der Waals surface area contributed by atoms with Crippen LogP contribution in [0.1, 0.15) is 36.8 Å². The van der Waals surface area contributed by atoms with Crippen molar-refractivity contribution in [1.29, 1.82) is 0 Å². The molecule has 0 saturated heterocycles. The average Bonchev–Trinajstić information content (AvgIpc) is 2.59. The molecular weight excluding hydrogens is 300 g/mol. The summed E-state index contributed by atoms with van der Waals surface area (Å²) < 4.78 is 0.